The number of methoxy groups -OCH3 is 1. The van der Waals surface area contributed by atoms with E-state index in [0.717, 1.165) is 48.1 Å². The number of fused-ring (bicyclic) bond motifs is 1. The number of benzene rings is 2. The molecule has 1 amide bonds. The van der Waals surface area contributed by atoms with E-state index in [1.807, 2.05) is 30.3 Å². The molecule has 1 aliphatic rings. The van der Waals surface area contributed by atoms with Gasteiger partial charge in [0.15, 0.2) is 0 Å². The summed E-state index contributed by atoms with van der Waals surface area (Å²) in [5, 5.41) is 7.53. The minimum Gasteiger partial charge on any atom is -0.497 e. The summed E-state index contributed by atoms with van der Waals surface area (Å²) in [6, 6.07) is 16.2. The maximum atomic E-state index is 13.2. The summed E-state index contributed by atoms with van der Waals surface area (Å²) in [5.41, 5.74) is 4.01. The molecule has 1 heterocycles. The smallest absolute Gasteiger partial charge is 0.271 e. The Balaban J connectivity index is 1.72. The maximum absolute atomic E-state index is 13.2. The molecule has 0 fully saturated rings. The van der Waals surface area contributed by atoms with Crippen LogP contribution in [0.25, 0.3) is 11.3 Å². The van der Waals surface area contributed by atoms with Gasteiger partial charge in [0.2, 0.25) is 5.91 Å². The fourth-order valence-corrected chi connectivity index (χ4v) is 3.90. The van der Waals surface area contributed by atoms with E-state index in [-0.39, 0.29) is 11.5 Å². The number of hydrogen-bond donors (Lipinski definition) is 1. The number of rotatable bonds is 5. The Morgan fingerprint density at radius 2 is 1.80 bits per heavy atom. The number of carbonyl (C=O) groups is 1. The zero-order chi connectivity index (χ0) is 21.1. The molecule has 0 unspecified atom stereocenters. The Bertz CT molecular complexity index is 1120. The third-order valence-corrected chi connectivity index (χ3v) is 5.56. The number of aromatic nitrogens is 2. The van der Waals surface area contributed by atoms with Crippen molar-refractivity contribution < 1.29 is 9.53 Å². The Labute approximate surface area is 175 Å². The highest BCUT2D eigenvalue weighted by Crippen LogP contribution is 2.28. The van der Waals surface area contributed by atoms with Crippen molar-refractivity contribution in [2.45, 2.75) is 38.6 Å². The first-order chi connectivity index (χ1) is 14.6. The van der Waals surface area contributed by atoms with E-state index >= 15 is 0 Å². The SMILES string of the molecule is COc1cccc(NC(=O)[C@@H](C)n2nc(-c3ccccc3)c3c(c2=O)CCCC3)c1. The van der Waals surface area contributed by atoms with Crippen LogP contribution in [0.4, 0.5) is 5.69 Å². The zero-order valence-electron chi connectivity index (χ0n) is 17.2. The van der Waals surface area contributed by atoms with Crippen LogP contribution in [0, 0.1) is 0 Å². The molecule has 0 spiro atoms. The predicted molar refractivity (Wildman–Crippen MR) is 117 cm³/mol. The molecule has 1 aromatic heterocycles. The van der Waals surface area contributed by atoms with Crippen molar-refractivity contribution in [2.75, 3.05) is 12.4 Å². The number of anilines is 1. The van der Waals surface area contributed by atoms with Crippen LogP contribution in [0.15, 0.2) is 59.4 Å². The van der Waals surface area contributed by atoms with E-state index in [1.165, 1.54) is 4.68 Å². The van der Waals surface area contributed by atoms with Crippen LogP contribution >= 0.6 is 0 Å². The zero-order valence-corrected chi connectivity index (χ0v) is 17.2. The van der Waals surface area contributed by atoms with Gasteiger partial charge < -0.3 is 10.1 Å². The van der Waals surface area contributed by atoms with Crippen molar-refractivity contribution in [2.24, 2.45) is 0 Å². The molecule has 1 aliphatic carbocycles. The van der Waals surface area contributed by atoms with E-state index < -0.39 is 6.04 Å². The number of ether oxygens (including phenoxy) is 1. The first kappa shape index (κ1) is 19.9. The van der Waals surface area contributed by atoms with E-state index in [1.54, 1.807) is 38.3 Å². The average Bonchev–Trinajstić information content (AvgIpc) is 2.80. The van der Waals surface area contributed by atoms with Crippen LogP contribution in [-0.4, -0.2) is 22.8 Å². The topological polar surface area (TPSA) is 73.2 Å². The van der Waals surface area contributed by atoms with Gasteiger partial charge in [0, 0.05) is 22.9 Å². The highest BCUT2D eigenvalue weighted by molar-refractivity contribution is 5.93. The molecular weight excluding hydrogens is 378 g/mol. The van der Waals surface area contributed by atoms with Gasteiger partial charge >= 0.3 is 0 Å². The maximum Gasteiger partial charge on any atom is 0.271 e. The Morgan fingerprint density at radius 3 is 2.53 bits per heavy atom. The molecule has 0 radical (unpaired) electrons. The van der Waals surface area contributed by atoms with Gasteiger partial charge in [0.05, 0.1) is 12.8 Å². The molecule has 0 saturated carbocycles. The molecule has 6 heteroatoms. The lowest BCUT2D eigenvalue weighted by molar-refractivity contribution is -0.119. The van der Waals surface area contributed by atoms with E-state index in [2.05, 4.69) is 10.4 Å². The normalized spacial score (nSPS) is 13.9. The molecule has 0 bridgehead atoms. The molecule has 2 aromatic carbocycles. The third-order valence-electron chi connectivity index (χ3n) is 5.56. The number of nitrogens with zero attached hydrogens (tertiary/aromatic N) is 2. The highest BCUT2D eigenvalue weighted by atomic mass is 16.5. The standard InChI is InChI=1S/C24H25N3O3/c1-16(23(28)25-18-11-8-12-19(15-18)30-2)27-24(29)21-14-7-6-13-20(21)22(26-27)17-9-4-3-5-10-17/h3-5,8-12,15-16H,6-7,13-14H2,1-2H3,(H,25,28)/t16-/m1/s1. The van der Waals surface area contributed by atoms with E-state index in [9.17, 15) is 9.59 Å². The van der Waals surface area contributed by atoms with Gasteiger partial charge in [0.25, 0.3) is 5.56 Å². The summed E-state index contributed by atoms with van der Waals surface area (Å²) in [4.78, 5) is 26.1. The largest absolute Gasteiger partial charge is 0.497 e. The Kier molecular flexibility index (Phi) is 5.65. The van der Waals surface area contributed by atoms with Gasteiger partial charge in [-0.25, -0.2) is 4.68 Å². The van der Waals surface area contributed by atoms with Crippen molar-refractivity contribution in [1.29, 1.82) is 0 Å². The monoisotopic (exact) mass is 403 g/mol. The van der Waals surface area contributed by atoms with Crippen molar-refractivity contribution >= 4 is 11.6 Å². The molecule has 0 aliphatic heterocycles. The highest BCUT2D eigenvalue weighted by Gasteiger charge is 2.25. The quantitative estimate of drug-likeness (QED) is 0.699. The molecule has 6 nitrogen and oxygen atoms in total. The molecule has 3 aromatic rings. The van der Waals surface area contributed by atoms with Gasteiger partial charge in [0.1, 0.15) is 11.8 Å². The van der Waals surface area contributed by atoms with E-state index in [0.29, 0.717) is 11.4 Å². The third kappa shape index (κ3) is 3.85. The van der Waals surface area contributed by atoms with E-state index in [4.69, 9.17) is 4.74 Å². The summed E-state index contributed by atoms with van der Waals surface area (Å²) in [5.74, 6) is 0.350. The second-order valence-electron chi connectivity index (χ2n) is 7.53. The van der Waals surface area contributed by atoms with Gasteiger partial charge in [-0.3, -0.25) is 9.59 Å². The average molecular weight is 403 g/mol. The second-order valence-corrected chi connectivity index (χ2v) is 7.53. The lowest BCUT2D eigenvalue weighted by atomic mass is 9.89. The summed E-state index contributed by atoms with van der Waals surface area (Å²) in [6.07, 6.45) is 3.59. The van der Waals surface area contributed by atoms with Gasteiger partial charge in [-0.2, -0.15) is 5.10 Å². The summed E-state index contributed by atoms with van der Waals surface area (Å²) < 4.78 is 6.54. The summed E-state index contributed by atoms with van der Waals surface area (Å²) in [6.45, 7) is 1.70. The lowest BCUT2D eigenvalue weighted by Gasteiger charge is -2.22. The van der Waals surface area contributed by atoms with Crippen LogP contribution in [0.1, 0.15) is 36.9 Å². The number of hydrogen-bond acceptors (Lipinski definition) is 4. The lowest BCUT2D eigenvalue weighted by Crippen LogP contribution is -2.37. The van der Waals surface area contributed by atoms with Crippen molar-refractivity contribution in [3.05, 3.63) is 76.1 Å². The molecule has 154 valence electrons. The summed E-state index contributed by atoms with van der Waals surface area (Å²) >= 11 is 0. The van der Waals surface area contributed by atoms with Gasteiger partial charge in [-0.1, -0.05) is 36.4 Å². The first-order valence-electron chi connectivity index (χ1n) is 10.2. The van der Waals surface area contributed by atoms with Crippen molar-refractivity contribution in [3.8, 4) is 17.0 Å². The fourth-order valence-electron chi connectivity index (χ4n) is 3.90. The molecule has 0 saturated heterocycles. The molecule has 1 N–H and O–H groups in total. The molecule has 30 heavy (non-hydrogen) atoms. The minimum absolute atomic E-state index is 0.169. The van der Waals surface area contributed by atoms with Crippen molar-refractivity contribution in [3.63, 3.8) is 0 Å². The Hall–Kier alpha value is -3.41. The number of amides is 1. The van der Waals surface area contributed by atoms with Gasteiger partial charge in [-0.15, -0.1) is 0 Å². The Morgan fingerprint density at radius 1 is 1.07 bits per heavy atom. The van der Waals surface area contributed by atoms with Crippen molar-refractivity contribution in [1.82, 2.24) is 9.78 Å². The molecule has 1 atom stereocenters. The van der Waals surface area contributed by atoms with Crippen LogP contribution in [0.3, 0.4) is 0 Å². The number of nitrogens with one attached hydrogen (secondary N) is 1. The fraction of sp³-hybridized carbons (Fsp3) is 0.292. The number of carbonyl (C=O) groups excluding carboxylic acids is 1. The first-order valence-corrected chi connectivity index (χ1v) is 10.2. The van der Waals surface area contributed by atoms with Crippen LogP contribution < -0.4 is 15.6 Å². The molecular formula is C24H25N3O3. The van der Waals surface area contributed by atoms with Crippen LogP contribution in [0.2, 0.25) is 0 Å². The second kappa shape index (κ2) is 8.53. The molecule has 4 rings (SSSR count). The summed E-state index contributed by atoms with van der Waals surface area (Å²) in [7, 11) is 1.57. The minimum atomic E-state index is -0.751. The van der Waals surface area contributed by atoms with Crippen LogP contribution in [0.5, 0.6) is 5.75 Å². The predicted octanol–water partition coefficient (Wildman–Crippen LogP) is 4.00. The van der Waals surface area contributed by atoms with Gasteiger partial charge in [-0.05, 0) is 50.3 Å². The van der Waals surface area contributed by atoms with Crippen LogP contribution in [-0.2, 0) is 17.6 Å².